The SMILES string of the molecule is O=C(ONC(=O)c1ccccc1C1CCCN(CCc2ccccc2N2CCCCC2=O)C1)C(=O)ONC(=O)c1ccccc1C1CCCN(CCc2ccccc2N2CCCCC2=O)C1. The molecule has 0 radical (unpaired) electrons. The Morgan fingerprint density at radius 3 is 1.35 bits per heavy atom. The maximum atomic E-state index is 13.4. The predicted octanol–water partition coefficient (Wildman–Crippen LogP) is 6.64. The van der Waals surface area contributed by atoms with E-state index in [1.165, 1.54) is 0 Å². The maximum absolute atomic E-state index is 13.4. The summed E-state index contributed by atoms with van der Waals surface area (Å²) < 4.78 is 0. The minimum Gasteiger partial charge on any atom is -0.329 e. The first-order valence-corrected chi connectivity index (χ1v) is 23.6. The lowest BCUT2D eigenvalue weighted by Gasteiger charge is -2.34. The number of piperidine rings is 4. The number of para-hydroxylation sites is 2. The fourth-order valence-electron chi connectivity index (χ4n) is 10.2. The van der Waals surface area contributed by atoms with E-state index >= 15 is 0 Å². The van der Waals surface area contributed by atoms with Gasteiger partial charge in [-0.3, -0.25) is 19.2 Å². The molecule has 0 bridgehead atoms. The van der Waals surface area contributed by atoms with Crippen molar-refractivity contribution < 1.29 is 38.4 Å². The molecule has 4 aliphatic rings. The van der Waals surface area contributed by atoms with Crippen molar-refractivity contribution in [3.8, 4) is 0 Å². The van der Waals surface area contributed by atoms with E-state index in [4.69, 9.17) is 9.68 Å². The average Bonchev–Trinajstić information content (AvgIpc) is 3.36. The summed E-state index contributed by atoms with van der Waals surface area (Å²) in [5.41, 5.74) is 10.7. The van der Waals surface area contributed by atoms with Crippen LogP contribution >= 0.6 is 0 Å². The summed E-state index contributed by atoms with van der Waals surface area (Å²) in [5, 5.41) is 0. The molecular formula is C52H60N6O8. The van der Waals surface area contributed by atoms with Gasteiger partial charge in [0.25, 0.3) is 11.8 Å². The van der Waals surface area contributed by atoms with Crippen LogP contribution in [0.15, 0.2) is 97.1 Å². The predicted molar refractivity (Wildman–Crippen MR) is 250 cm³/mol. The summed E-state index contributed by atoms with van der Waals surface area (Å²) in [7, 11) is 0. The highest BCUT2D eigenvalue weighted by Gasteiger charge is 2.30. The van der Waals surface area contributed by atoms with E-state index in [1.807, 2.05) is 70.5 Å². The van der Waals surface area contributed by atoms with Crippen molar-refractivity contribution in [1.82, 2.24) is 20.8 Å². The number of amides is 4. The molecule has 2 N–H and O–H groups in total. The van der Waals surface area contributed by atoms with Gasteiger partial charge in [0.1, 0.15) is 0 Å². The number of likely N-dealkylation sites (tertiary alicyclic amines) is 2. The standard InChI is InChI=1S/C52H60N6O8/c59-47-25-9-11-31-57(47)45-23-7-1-15-37(45)27-33-55-29-13-17-39(35-55)41-19-3-5-21-43(41)49(61)53-65-51(63)52(64)66-54-50(62)44-22-6-4-20-42(44)40-18-14-30-56(36-40)34-28-38-16-2-8-24-46(38)58-32-12-10-26-48(58)60/h1-8,15-16,19-24,39-40H,9-14,17-18,25-36H2,(H,53,61)(H,54,62). The number of nitrogens with zero attached hydrogens (tertiary/aromatic N) is 4. The fraction of sp³-hybridized carbons (Fsp3) is 0.423. The molecule has 0 spiro atoms. The van der Waals surface area contributed by atoms with Gasteiger partial charge in [0.2, 0.25) is 11.8 Å². The zero-order chi connectivity index (χ0) is 45.8. The van der Waals surface area contributed by atoms with Gasteiger partial charge in [0, 0.05) is 74.6 Å². The second-order valence-corrected chi connectivity index (χ2v) is 17.9. The molecule has 2 atom stereocenters. The van der Waals surface area contributed by atoms with Gasteiger partial charge in [-0.05, 0) is 136 Å². The van der Waals surface area contributed by atoms with Crippen molar-refractivity contribution >= 4 is 46.9 Å². The van der Waals surface area contributed by atoms with E-state index in [9.17, 15) is 28.8 Å². The molecule has 0 aromatic heterocycles. The molecule has 4 aromatic carbocycles. The number of nitrogens with one attached hydrogen (secondary N) is 2. The third-order valence-corrected chi connectivity index (χ3v) is 13.5. The van der Waals surface area contributed by atoms with Gasteiger partial charge in [0.15, 0.2) is 0 Å². The largest absolute Gasteiger partial charge is 0.443 e. The molecule has 0 aliphatic carbocycles. The Morgan fingerprint density at radius 1 is 0.500 bits per heavy atom. The lowest BCUT2D eigenvalue weighted by atomic mass is 9.87. The van der Waals surface area contributed by atoms with E-state index in [2.05, 4.69) is 32.9 Å². The Bertz CT molecular complexity index is 2240. The molecule has 0 saturated carbocycles. The number of anilines is 2. The Kier molecular flexibility index (Phi) is 15.5. The first kappa shape index (κ1) is 46.2. The van der Waals surface area contributed by atoms with Crippen LogP contribution in [0.25, 0.3) is 0 Å². The summed E-state index contributed by atoms with van der Waals surface area (Å²) in [6.07, 6.45) is 10.2. The van der Waals surface area contributed by atoms with Gasteiger partial charge in [-0.2, -0.15) is 11.0 Å². The Labute approximate surface area is 386 Å². The summed E-state index contributed by atoms with van der Waals surface area (Å²) in [6, 6.07) is 30.6. The molecule has 8 rings (SSSR count). The quantitative estimate of drug-likeness (QED) is 0.117. The minimum atomic E-state index is -1.50. The van der Waals surface area contributed by atoms with Crippen LogP contribution in [-0.2, 0) is 41.7 Å². The normalized spacial score (nSPS) is 19.5. The first-order valence-electron chi connectivity index (χ1n) is 23.6. The van der Waals surface area contributed by atoms with E-state index < -0.39 is 23.8 Å². The lowest BCUT2D eigenvalue weighted by Crippen LogP contribution is -2.39. The van der Waals surface area contributed by atoms with Crippen LogP contribution < -0.4 is 20.8 Å². The maximum Gasteiger partial charge on any atom is 0.443 e. The number of hydrogen-bond acceptors (Lipinski definition) is 10. The van der Waals surface area contributed by atoms with Crippen molar-refractivity contribution in [3.05, 3.63) is 130 Å². The van der Waals surface area contributed by atoms with Crippen LogP contribution in [0.1, 0.15) is 119 Å². The van der Waals surface area contributed by atoms with Crippen molar-refractivity contribution in [2.24, 2.45) is 0 Å². The molecular weight excluding hydrogens is 837 g/mol. The average molecular weight is 897 g/mol. The molecule has 66 heavy (non-hydrogen) atoms. The first-order chi connectivity index (χ1) is 32.2. The zero-order valence-corrected chi connectivity index (χ0v) is 37.6. The van der Waals surface area contributed by atoms with E-state index in [0.29, 0.717) is 24.0 Å². The van der Waals surface area contributed by atoms with Crippen LogP contribution in [0.4, 0.5) is 11.4 Å². The molecule has 4 amide bonds. The number of hydrogen-bond donors (Lipinski definition) is 2. The molecule has 4 heterocycles. The summed E-state index contributed by atoms with van der Waals surface area (Å²) in [6.45, 7) is 6.35. The van der Waals surface area contributed by atoms with Gasteiger partial charge in [-0.25, -0.2) is 9.59 Å². The lowest BCUT2D eigenvalue weighted by molar-refractivity contribution is -0.173. The molecule has 14 heteroatoms. The van der Waals surface area contributed by atoms with Crippen molar-refractivity contribution in [3.63, 3.8) is 0 Å². The molecule has 346 valence electrons. The highest BCUT2D eigenvalue weighted by molar-refractivity contribution is 6.30. The van der Waals surface area contributed by atoms with E-state index in [0.717, 1.165) is 150 Å². The fourth-order valence-corrected chi connectivity index (χ4v) is 10.2. The molecule has 14 nitrogen and oxygen atoms in total. The van der Waals surface area contributed by atoms with Crippen LogP contribution in [0, 0.1) is 0 Å². The third-order valence-electron chi connectivity index (χ3n) is 13.5. The number of carbonyl (C=O) groups excluding carboxylic acids is 6. The molecule has 4 aromatic rings. The second-order valence-electron chi connectivity index (χ2n) is 17.9. The smallest absolute Gasteiger partial charge is 0.329 e. The summed E-state index contributed by atoms with van der Waals surface area (Å²) >= 11 is 0. The summed E-state index contributed by atoms with van der Waals surface area (Å²) in [5.74, 6) is -3.96. The number of rotatable bonds is 12. The molecule has 2 unspecified atom stereocenters. The number of benzene rings is 4. The molecule has 4 fully saturated rings. The van der Waals surface area contributed by atoms with Gasteiger partial charge in [-0.15, -0.1) is 0 Å². The molecule has 4 saturated heterocycles. The van der Waals surface area contributed by atoms with E-state index in [1.54, 1.807) is 24.3 Å². The number of hydroxylamine groups is 2. The Hall–Kier alpha value is -6.38. The monoisotopic (exact) mass is 896 g/mol. The van der Waals surface area contributed by atoms with Gasteiger partial charge >= 0.3 is 11.9 Å². The summed E-state index contributed by atoms with van der Waals surface area (Å²) in [4.78, 5) is 96.1. The third kappa shape index (κ3) is 11.3. The Balaban J connectivity index is 0.811. The van der Waals surface area contributed by atoms with Gasteiger partial charge in [0.05, 0.1) is 0 Å². The number of carbonyl (C=O) groups is 6. The van der Waals surface area contributed by atoms with Crippen LogP contribution in [-0.4, -0.2) is 97.7 Å². The Morgan fingerprint density at radius 2 is 0.909 bits per heavy atom. The van der Waals surface area contributed by atoms with Crippen LogP contribution in [0.2, 0.25) is 0 Å². The van der Waals surface area contributed by atoms with Gasteiger partial charge in [-0.1, -0.05) is 72.8 Å². The van der Waals surface area contributed by atoms with Crippen molar-refractivity contribution in [2.45, 2.75) is 88.9 Å². The van der Waals surface area contributed by atoms with E-state index in [-0.39, 0.29) is 23.7 Å². The highest BCUT2D eigenvalue weighted by Crippen LogP contribution is 2.33. The zero-order valence-electron chi connectivity index (χ0n) is 37.6. The minimum absolute atomic E-state index is 0.0370. The van der Waals surface area contributed by atoms with Crippen LogP contribution in [0.3, 0.4) is 0 Å². The van der Waals surface area contributed by atoms with Crippen molar-refractivity contribution in [2.75, 3.05) is 62.2 Å². The molecule has 4 aliphatic heterocycles. The van der Waals surface area contributed by atoms with Crippen LogP contribution in [0.5, 0.6) is 0 Å². The highest BCUT2D eigenvalue weighted by atomic mass is 16.7. The second kappa shape index (κ2) is 22.2. The topological polar surface area (TPSA) is 158 Å². The van der Waals surface area contributed by atoms with Crippen molar-refractivity contribution in [1.29, 1.82) is 0 Å². The van der Waals surface area contributed by atoms with Gasteiger partial charge < -0.3 is 29.3 Å².